The average Bonchev–Trinajstić information content (AvgIpc) is 3.12. The number of hydrogen-bond donors (Lipinski definition) is 0. The first-order valence-corrected chi connectivity index (χ1v) is 15.3. The van der Waals surface area contributed by atoms with Crippen LogP contribution in [-0.2, 0) is 19.3 Å². The van der Waals surface area contributed by atoms with E-state index < -0.39 is 0 Å². The van der Waals surface area contributed by atoms with Crippen LogP contribution in [-0.4, -0.2) is 22.9 Å². The third-order valence-corrected chi connectivity index (χ3v) is 9.86. The van der Waals surface area contributed by atoms with E-state index in [1.807, 2.05) is 24.4 Å². The number of nitrogens with zero attached hydrogens (tertiary/aromatic N) is 2. The Hall–Kier alpha value is -3.27. The molecule has 0 radical (unpaired) electrons. The second-order valence-corrected chi connectivity index (χ2v) is 12.6. The van der Waals surface area contributed by atoms with Crippen LogP contribution in [0.2, 0.25) is 0 Å². The standard InChI is InChI=1S/C36H42N2O2/c1-23-8-10-25(11-9-23)26-12-14-27(15-13-26)36(39)30-17-16-29(33(20-30)40-3)21-34-37-22-31-19-24(2)18-28-6-4-5-7-32(28)35(31)38-34/h4-7,16-17,20,22-23,25-27H,2,8-15,18-19,21H2,1,3H3. The highest BCUT2D eigenvalue weighted by Gasteiger charge is 2.32. The Kier molecular flexibility index (Phi) is 7.87. The van der Waals surface area contributed by atoms with Crippen molar-refractivity contribution in [1.82, 2.24) is 9.97 Å². The molecule has 2 aromatic carbocycles. The van der Waals surface area contributed by atoms with Crippen molar-refractivity contribution in [2.75, 3.05) is 7.11 Å². The van der Waals surface area contributed by atoms with Crippen molar-refractivity contribution in [2.24, 2.45) is 23.7 Å². The maximum Gasteiger partial charge on any atom is 0.166 e. The first-order valence-electron chi connectivity index (χ1n) is 15.3. The monoisotopic (exact) mass is 534 g/mol. The Morgan fingerprint density at radius 1 is 0.925 bits per heavy atom. The SMILES string of the molecule is C=C1Cc2ccccc2-c2nc(Cc3ccc(C(=O)C4CCC(C5CCC(C)CC5)CC4)cc3OC)ncc2C1. The quantitative estimate of drug-likeness (QED) is 0.236. The molecule has 0 spiro atoms. The molecule has 3 aromatic rings. The fourth-order valence-electron chi connectivity index (χ4n) is 7.46. The summed E-state index contributed by atoms with van der Waals surface area (Å²) < 4.78 is 5.78. The van der Waals surface area contributed by atoms with Crippen LogP contribution in [0.15, 0.2) is 60.8 Å². The third kappa shape index (κ3) is 5.64. The van der Waals surface area contributed by atoms with E-state index in [1.165, 1.54) is 55.2 Å². The fraction of sp³-hybridized carbons (Fsp3) is 0.472. The lowest BCUT2D eigenvalue weighted by atomic mass is 9.68. The van der Waals surface area contributed by atoms with Gasteiger partial charge >= 0.3 is 0 Å². The van der Waals surface area contributed by atoms with Gasteiger partial charge in [-0.05, 0) is 80.8 Å². The molecule has 0 atom stereocenters. The molecule has 2 fully saturated rings. The van der Waals surface area contributed by atoms with Crippen LogP contribution in [0.1, 0.15) is 91.2 Å². The van der Waals surface area contributed by atoms with Crippen molar-refractivity contribution in [3.05, 3.63) is 88.9 Å². The smallest absolute Gasteiger partial charge is 0.166 e. The number of ether oxygens (including phenoxy) is 1. The molecular formula is C36H42N2O2. The minimum atomic E-state index is 0.136. The highest BCUT2D eigenvalue weighted by Crippen LogP contribution is 2.42. The topological polar surface area (TPSA) is 52.1 Å². The number of rotatable bonds is 6. The lowest BCUT2D eigenvalue weighted by Gasteiger charge is -2.37. The number of hydrogen-bond acceptors (Lipinski definition) is 4. The number of Topliss-reactive ketones (excluding diaryl/α,β-unsaturated/α-hetero) is 1. The number of aromatic nitrogens is 2. The van der Waals surface area contributed by atoms with Crippen LogP contribution in [0.3, 0.4) is 0 Å². The lowest BCUT2D eigenvalue weighted by Crippen LogP contribution is -2.28. The summed E-state index contributed by atoms with van der Waals surface area (Å²) in [6.07, 6.45) is 14.2. The summed E-state index contributed by atoms with van der Waals surface area (Å²) in [4.78, 5) is 23.3. The van der Waals surface area contributed by atoms with E-state index in [-0.39, 0.29) is 11.7 Å². The molecule has 4 heteroatoms. The van der Waals surface area contributed by atoms with Crippen LogP contribution < -0.4 is 4.74 Å². The molecule has 4 nitrogen and oxygen atoms in total. The lowest BCUT2D eigenvalue weighted by molar-refractivity contribution is 0.0831. The molecule has 6 rings (SSSR count). The second-order valence-electron chi connectivity index (χ2n) is 12.6. The Balaban J connectivity index is 1.16. The zero-order valence-electron chi connectivity index (χ0n) is 24.1. The van der Waals surface area contributed by atoms with E-state index in [1.54, 1.807) is 7.11 Å². The Labute approximate surface area is 239 Å². The normalized spacial score (nSPS) is 24.5. The second kappa shape index (κ2) is 11.7. The molecule has 0 aliphatic heterocycles. The Morgan fingerprint density at radius 3 is 2.38 bits per heavy atom. The first-order chi connectivity index (χ1) is 19.5. The molecule has 208 valence electrons. The van der Waals surface area contributed by atoms with Crippen LogP contribution in [0.4, 0.5) is 0 Å². The number of methoxy groups -OCH3 is 1. The zero-order valence-corrected chi connectivity index (χ0v) is 24.1. The molecule has 0 amide bonds. The maximum atomic E-state index is 13.5. The molecule has 40 heavy (non-hydrogen) atoms. The molecule has 0 saturated heterocycles. The molecule has 0 N–H and O–H groups in total. The van der Waals surface area contributed by atoms with Gasteiger partial charge in [0.15, 0.2) is 5.78 Å². The summed E-state index contributed by atoms with van der Waals surface area (Å²) >= 11 is 0. The number of carbonyl (C=O) groups is 1. The van der Waals surface area contributed by atoms with Crippen molar-refractivity contribution in [1.29, 1.82) is 0 Å². The molecular weight excluding hydrogens is 492 g/mol. The van der Waals surface area contributed by atoms with Gasteiger partial charge in [0.05, 0.1) is 12.8 Å². The Bertz CT molecular complexity index is 1390. The summed E-state index contributed by atoms with van der Waals surface area (Å²) in [5.74, 6) is 4.51. The van der Waals surface area contributed by atoms with Gasteiger partial charge in [-0.3, -0.25) is 4.79 Å². The number of fused-ring (bicyclic) bond motifs is 3. The van der Waals surface area contributed by atoms with Gasteiger partial charge in [-0.15, -0.1) is 0 Å². The minimum absolute atomic E-state index is 0.136. The van der Waals surface area contributed by atoms with E-state index >= 15 is 0 Å². The predicted molar refractivity (Wildman–Crippen MR) is 161 cm³/mol. The van der Waals surface area contributed by atoms with E-state index in [9.17, 15) is 4.79 Å². The van der Waals surface area contributed by atoms with Crippen molar-refractivity contribution >= 4 is 5.78 Å². The minimum Gasteiger partial charge on any atom is -0.496 e. The van der Waals surface area contributed by atoms with Crippen molar-refractivity contribution < 1.29 is 9.53 Å². The number of ketones is 1. The van der Waals surface area contributed by atoms with Gasteiger partial charge in [0.1, 0.15) is 11.6 Å². The molecule has 1 heterocycles. The van der Waals surface area contributed by atoms with Gasteiger partial charge in [-0.2, -0.15) is 0 Å². The van der Waals surface area contributed by atoms with E-state index in [0.29, 0.717) is 6.42 Å². The summed E-state index contributed by atoms with van der Waals surface area (Å²) in [5, 5.41) is 0. The summed E-state index contributed by atoms with van der Waals surface area (Å²) in [6, 6.07) is 14.4. The predicted octanol–water partition coefficient (Wildman–Crippen LogP) is 8.21. The van der Waals surface area contributed by atoms with Gasteiger partial charge < -0.3 is 4.74 Å². The van der Waals surface area contributed by atoms with Crippen molar-refractivity contribution in [2.45, 2.75) is 77.6 Å². The van der Waals surface area contributed by atoms with Crippen LogP contribution in [0.25, 0.3) is 11.3 Å². The maximum absolute atomic E-state index is 13.5. The number of carbonyl (C=O) groups excluding carboxylic acids is 1. The third-order valence-electron chi connectivity index (χ3n) is 9.86. The Morgan fingerprint density at radius 2 is 1.62 bits per heavy atom. The molecule has 3 aliphatic rings. The molecule has 0 bridgehead atoms. The molecule has 2 saturated carbocycles. The van der Waals surface area contributed by atoms with E-state index in [2.05, 4.69) is 37.8 Å². The van der Waals surface area contributed by atoms with Crippen LogP contribution in [0, 0.1) is 23.7 Å². The number of benzene rings is 2. The average molecular weight is 535 g/mol. The van der Waals surface area contributed by atoms with Crippen LogP contribution >= 0.6 is 0 Å². The van der Waals surface area contributed by atoms with E-state index in [0.717, 1.165) is 77.4 Å². The highest BCUT2D eigenvalue weighted by atomic mass is 16.5. The van der Waals surface area contributed by atoms with Crippen molar-refractivity contribution in [3.63, 3.8) is 0 Å². The van der Waals surface area contributed by atoms with Gasteiger partial charge in [-0.25, -0.2) is 9.97 Å². The van der Waals surface area contributed by atoms with Gasteiger partial charge in [0.2, 0.25) is 0 Å². The summed E-state index contributed by atoms with van der Waals surface area (Å²) in [6.45, 7) is 6.66. The van der Waals surface area contributed by atoms with E-state index in [4.69, 9.17) is 14.7 Å². The van der Waals surface area contributed by atoms with Crippen molar-refractivity contribution in [3.8, 4) is 17.0 Å². The highest BCUT2D eigenvalue weighted by molar-refractivity contribution is 5.98. The van der Waals surface area contributed by atoms with Gasteiger partial charge in [0.25, 0.3) is 0 Å². The van der Waals surface area contributed by atoms with Crippen LogP contribution in [0.5, 0.6) is 5.75 Å². The zero-order chi connectivity index (χ0) is 27.6. The first kappa shape index (κ1) is 26.9. The largest absolute Gasteiger partial charge is 0.496 e. The summed E-state index contributed by atoms with van der Waals surface area (Å²) in [7, 11) is 1.68. The van der Waals surface area contributed by atoms with Gasteiger partial charge in [-0.1, -0.05) is 68.3 Å². The molecule has 1 aromatic heterocycles. The molecule has 0 unspecified atom stereocenters. The molecule has 3 aliphatic carbocycles. The number of allylic oxidation sites excluding steroid dienone is 1. The van der Waals surface area contributed by atoms with Gasteiger partial charge in [0, 0.05) is 40.8 Å². The summed E-state index contributed by atoms with van der Waals surface area (Å²) in [5.41, 5.74) is 7.51. The fourth-order valence-corrected chi connectivity index (χ4v) is 7.46.